The first-order chi connectivity index (χ1) is 7.08. The predicted octanol–water partition coefficient (Wildman–Crippen LogP) is -0.685. The molecule has 0 aliphatic heterocycles. The summed E-state index contributed by atoms with van der Waals surface area (Å²) in [6.07, 6.45) is 1.05. The van der Waals surface area contributed by atoms with E-state index < -0.39 is 5.56 Å². The minimum Gasteiger partial charge on any atom is -0.425 e. The van der Waals surface area contributed by atoms with Crippen molar-refractivity contribution in [1.82, 2.24) is 19.7 Å². The van der Waals surface area contributed by atoms with Crippen LogP contribution in [0.4, 0.5) is 5.95 Å². The molecule has 0 radical (unpaired) electrons. The number of rotatable bonds is 1. The lowest BCUT2D eigenvalue weighted by atomic mass is 10.5. The fraction of sp³-hybridized carbons (Fsp3) is 0.143. The summed E-state index contributed by atoms with van der Waals surface area (Å²) in [6, 6.07) is 0. The van der Waals surface area contributed by atoms with E-state index in [4.69, 9.17) is 0 Å². The Bertz CT molecular complexity index is 584. The van der Waals surface area contributed by atoms with Crippen LogP contribution in [0.3, 0.4) is 0 Å². The van der Waals surface area contributed by atoms with Gasteiger partial charge in [0.25, 0.3) is 5.56 Å². The van der Waals surface area contributed by atoms with Crippen LogP contribution in [0.5, 0.6) is 0 Å². The molecule has 0 aromatic carbocycles. The highest BCUT2D eigenvalue weighted by Crippen LogP contribution is 2.05. The van der Waals surface area contributed by atoms with Crippen molar-refractivity contribution in [3.63, 3.8) is 0 Å². The highest BCUT2D eigenvalue weighted by Gasteiger charge is 2.09. The van der Waals surface area contributed by atoms with Crippen molar-refractivity contribution in [2.75, 3.05) is 5.32 Å². The van der Waals surface area contributed by atoms with Crippen LogP contribution in [0, 0.1) is 0 Å². The van der Waals surface area contributed by atoms with Crippen LogP contribution in [0.1, 0.15) is 6.92 Å². The summed E-state index contributed by atoms with van der Waals surface area (Å²) >= 11 is 0. The van der Waals surface area contributed by atoms with Gasteiger partial charge in [0.1, 0.15) is 6.33 Å². The summed E-state index contributed by atoms with van der Waals surface area (Å²) in [5, 5.41) is 11.5. The molecule has 0 bridgehead atoms. The molecule has 78 valence electrons. The predicted molar refractivity (Wildman–Crippen MR) is 49.6 cm³/mol. The number of fused-ring (bicyclic) bond motifs is 1. The van der Waals surface area contributed by atoms with Crippen molar-refractivity contribution in [2.24, 2.45) is 0 Å². The van der Waals surface area contributed by atoms with E-state index in [1.807, 2.05) is 0 Å². The summed E-state index contributed by atoms with van der Waals surface area (Å²) in [7, 11) is 0. The van der Waals surface area contributed by atoms with Crippen LogP contribution in [-0.4, -0.2) is 30.8 Å². The molecule has 3 N–H and O–H groups in total. The Morgan fingerprint density at radius 2 is 2.40 bits per heavy atom. The Labute approximate surface area is 82.5 Å². The molecule has 0 unspecified atom stereocenters. The van der Waals surface area contributed by atoms with Crippen molar-refractivity contribution in [3.8, 4) is 0 Å². The molecular formula is C7H7N5O3. The van der Waals surface area contributed by atoms with Gasteiger partial charge in [-0.2, -0.15) is 9.71 Å². The Balaban J connectivity index is 2.65. The zero-order valence-electron chi connectivity index (χ0n) is 7.68. The molecule has 0 atom stereocenters. The van der Waals surface area contributed by atoms with E-state index in [1.165, 1.54) is 6.92 Å². The lowest BCUT2D eigenvalue weighted by molar-refractivity contribution is -0.114. The number of hydrogen-bond acceptors (Lipinski definition) is 5. The summed E-state index contributed by atoms with van der Waals surface area (Å²) < 4.78 is 0.607. The first kappa shape index (κ1) is 9.19. The first-order valence-electron chi connectivity index (χ1n) is 4.02. The Hall–Kier alpha value is -2.38. The largest absolute Gasteiger partial charge is 0.425 e. The SMILES string of the molecule is CC(=O)Nc1nc2c(ncn2O)c(=O)[nH]1. The van der Waals surface area contributed by atoms with E-state index in [-0.39, 0.29) is 23.0 Å². The van der Waals surface area contributed by atoms with Gasteiger partial charge in [-0.25, -0.2) is 4.98 Å². The molecule has 2 aromatic heterocycles. The Kier molecular flexibility index (Phi) is 1.89. The monoisotopic (exact) mass is 209 g/mol. The second-order valence-electron chi connectivity index (χ2n) is 2.86. The quantitative estimate of drug-likeness (QED) is 0.538. The average Bonchev–Trinajstić information content (AvgIpc) is 2.47. The molecule has 8 heteroatoms. The normalized spacial score (nSPS) is 10.5. The number of carbonyl (C=O) groups is 1. The van der Waals surface area contributed by atoms with Gasteiger partial charge in [-0.1, -0.05) is 0 Å². The number of nitrogens with one attached hydrogen (secondary N) is 2. The second kappa shape index (κ2) is 3.08. The maximum absolute atomic E-state index is 11.4. The average molecular weight is 209 g/mol. The maximum Gasteiger partial charge on any atom is 0.280 e. The van der Waals surface area contributed by atoms with E-state index in [0.717, 1.165) is 6.33 Å². The number of nitrogens with zero attached hydrogens (tertiary/aromatic N) is 3. The lowest BCUT2D eigenvalue weighted by Gasteiger charge is -1.99. The third-order valence-corrected chi connectivity index (χ3v) is 1.68. The summed E-state index contributed by atoms with van der Waals surface area (Å²) in [4.78, 5) is 31.8. The minimum atomic E-state index is -0.531. The fourth-order valence-electron chi connectivity index (χ4n) is 1.12. The van der Waals surface area contributed by atoms with E-state index in [1.54, 1.807) is 0 Å². The van der Waals surface area contributed by atoms with Gasteiger partial charge in [0.15, 0.2) is 5.52 Å². The molecule has 2 aromatic rings. The minimum absolute atomic E-state index is 0.00611. The van der Waals surface area contributed by atoms with Crippen LogP contribution < -0.4 is 10.9 Å². The third kappa shape index (κ3) is 1.52. The lowest BCUT2D eigenvalue weighted by Crippen LogP contribution is -2.16. The first-order valence-corrected chi connectivity index (χ1v) is 4.02. The number of aromatic amines is 1. The van der Waals surface area contributed by atoms with Gasteiger partial charge in [0.05, 0.1) is 0 Å². The molecular weight excluding hydrogens is 202 g/mol. The molecule has 0 spiro atoms. The van der Waals surface area contributed by atoms with Crippen LogP contribution in [0.15, 0.2) is 11.1 Å². The van der Waals surface area contributed by atoms with Crippen molar-refractivity contribution in [3.05, 3.63) is 16.7 Å². The van der Waals surface area contributed by atoms with Crippen LogP contribution in [0.2, 0.25) is 0 Å². The molecule has 2 rings (SSSR count). The number of hydrogen-bond donors (Lipinski definition) is 3. The summed E-state index contributed by atoms with van der Waals surface area (Å²) in [6.45, 7) is 1.28. The van der Waals surface area contributed by atoms with Gasteiger partial charge in [0, 0.05) is 6.92 Å². The molecule has 0 aliphatic carbocycles. The van der Waals surface area contributed by atoms with Gasteiger partial charge in [0.2, 0.25) is 17.5 Å². The number of amides is 1. The topological polar surface area (TPSA) is 113 Å². The standard InChI is InChI=1S/C7H7N5O3/c1-3(13)9-7-10-5-4(6(14)11-7)8-2-12(5)15/h2,15H,1H3,(H2,9,10,11,13,14). The van der Waals surface area contributed by atoms with E-state index >= 15 is 0 Å². The van der Waals surface area contributed by atoms with Gasteiger partial charge < -0.3 is 5.21 Å². The second-order valence-corrected chi connectivity index (χ2v) is 2.86. The molecule has 1 amide bonds. The highest BCUT2D eigenvalue weighted by molar-refractivity contribution is 5.87. The smallest absolute Gasteiger partial charge is 0.280 e. The maximum atomic E-state index is 11.4. The van der Waals surface area contributed by atoms with Gasteiger partial charge in [-0.3, -0.25) is 19.9 Å². The molecule has 0 aliphatic rings. The van der Waals surface area contributed by atoms with E-state index in [2.05, 4.69) is 20.3 Å². The fourth-order valence-corrected chi connectivity index (χ4v) is 1.12. The zero-order valence-corrected chi connectivity index (χ0v) is 7.68. The molecule has 0 saturated heterocycles. The van der Waals surface area contributed by atoms with Crippen LogP contribution >= 0.6 is 0 Å². The molecule has 2 heterocycles. The number of carbonyl (C=O) groups excluding carboxylic acids is 1. The van der Waals surface area contributed by atoms with E-state index in [0.29, 0.717) is 4.73 Å². The van der Waals surface area contributed by atoms with Crippen molar-refractivity contribution >= 4 is 23.0 Å². The molecule has 8 nitrogen and oxygen atoms in total. The number of imidazole rings is 1. The van der Waals surface area contributed by atoms with E-state index in [9.17, 15) is 14.8 Å². The molecule has 0 saturated carbocycles. The zero-order chi connectivity index (χ0) is 11.0. The Morgan fingerprint density at radius 1 is 1.67 bits per heavy atom. The highest BCUT2D eigenvalue weighted by atomic mass is 16.5. The Morgan fingerprint density at radius 3 is 3.07 bits per heavy atom. The van der Waals surface area contributed by atoms with Gasteiger partial charge in [-0.15, -0.1) is 0 Å². The van der Waals surface area contributed by atoms with Crippen LogP contribution in [-0.2, 0) is 4.79 Å². The van der Waals surface area contributed by atoms with Gasteiger partial charge >= 0.3 is 0 Å². The number of aromatic nitrogens is 4. The molecule has 0 fully saturated rings. The van der Waals surface area contributed by atoms with Crippen molar-refractivity contribution in [1.29, 1.82) is 0 Å². The van der Waals surface area contributed by atoms with Crippen molar-refractivity contribution < 1.29 is 10.0 Å². The molecule has 15 heavy (non-hydrogen) atoms. The van der Waals surface area contributed by atoms with Gasteiger partial charge in [-0.05, 0) is 0 Å². The van der Waals surface area contributed by atoms with Crippen molar-refractivity contribution in [2.45, 2.75) is 6.92 Å². The summed E-state index contributed by atoms with van der Waals surface area (Å²) in [5.74, 6) is -0.405. The number of anilines is 1. The summed E-state index contributed by atoms with van der Waals surface area (Å²) in [5.41, 5.74) is -0.536. The van der Waals surface area contributed by atoms with Crippen LogP contribution in [0.25, 0.3) is 11.2 Å². The number of H-pyrrole nitrogens is 1. The third-order valence-electron chi connectivity index (χ3n) is 1.68.